The van der Waals surface area contributed by atoms with Crippen molar-refractivity contribution in [3.63, 3.8) is 0 Å². The summed E-state index contributed by atoms with van der Waals surface area (Å²) in [5.74, 6) is -0.207. The number of rotatable bonds is 4. The molecule has 0 bridgehead atoms. The maximum absolute atomic E-state index is 12.9. The lowest BCUT2D eigenvalue weighted by atomic mass is 10.0. The van der Waals surface area contributed by atoms with Gasteiger partial charge in [-0.3, -0.25) is 4.79 Å². The van der Waals surface area contributed by atoms with Gasteiger partial charge in [0.1, 0.15) is 6.17 Å². The van der Waals surface area contributed by atoms with Crippen LogP contribution in [0.4, 0.5) is 4.39 Å². The van der Waals surface area contributed by atoms with E-state index < -0.39 is 11.8 Å². The molecule has 0 saturated heterocycles. The van der Waals surface area contributed by atoms with Crippen molar-refractivity contribution in [1.29, 1.82) is 0 Å². The van der Waals surface area contributed by atoms with Gasteiger partial charge in [-0.15, -0.1) is 0 Å². The first-order chi connectivity index (χ1) is 6.38. The van der Waals surface area contributed by atoms with E-state index >= 15 is 0 Å². The third kappa shape index (κ3) is 7.98. The van der Waals surface area contributed by atoms with Crippen molar-refractivity contribution in [2.45, 2.75) is 52.8 Å². The molecule has 0 aromatic rings. The minimum absolute atomic E-state index is 0.129. The first kappa shape index (κ1) is 15.8. The lowest BCUT2D eigenvalue weighted by Crippen LogP contribution is -2.41. The minimum Gasteiger partial charge on any atom is -0.387 e. The van der Waals surface area contributed by atoms with Crippen LogP contribution in [0.15, 0.2) is 0 Å². The number of nitrogens with one attached hydrogen (secondary N) is 1. The lowest BCUT2D eigenvalue weighted by Gasteiger charge is -2.22. The highest BCUT2D eigenvalue weighted by Gasteiger charge is 2.26. The van der Waals surface area contributed by atoms with Crippen LogP contribution in [-0.4, -0.2) is 29.3 Å². The molecule has 0 spiro atoms. The van der Waals surface area contributed by atoms with E-state index in [1.165, 1.54) is 13.8 Å². The van der Waals surface area contributed by atoms with Gasteiger partial charge in [0.2, 0.25) is 5.91 Å². The van der Waals surface area contributed by atoms with Crippen molar-refractivity contribution in [1.82, 2.24) is 5.32 Å². The summed E-state index contributed by atoms with van der Waals surface area (Å²) >= 11 is 0. The summed E-state index contributed by atoms with van der Waals surface area (Å²) in [6, 6.07) is 0. The van der Waals surface area contributed by atoms with Gasteiger partial charge in [0.05, 0.1) is 12.1 Å². The molecule has 0 aliphatic rings. The summed E-state index contributed by atoms with van der Waals surface area (Å²) in [5, 5.41) is 11.5. The Morgan fingerprint density at radius 3 is 2.21 bits per heavy atom. The normalized spacial score (nSPS) is 12.5. The molecule has 86 valence electrons. The van der Waals surface area contributed by atoms with E-state index in [1.54, 1.807) is 6.92 Å². The number of hydrogen-bond acceptors (Lipinski definition) is 2. The fourth-order valence-corrected chi connectivity index (χ4v) is 0.578. The summed E-state index contributed by atoms with van der Waals surface area (Å²) in [4.78, 5) is 10.7. The molecule has 0 rings (SSSR count). The Labute approximate surface area is 85.7 Å². The largest absolute Gasteiger partial charge is 0.387 e. The molecule has 1 amide bonds. The Morgan fingerprint density at radius 1 is 1.50 bits per heavy atom. The van der Waals surface area contributed by atoms with Crippen LogP contribution in [0.1, 0.15) is 41.0 Å². The zero-order valence-corrected chi connectivity index (χ0v) is 9.72. The van der Waals surface area contributed by atoms with Crippen LogP contribution in [0, 0.1) is 0 Å². The molecular formula is C10H22FNO2. The number of hydrogen-bond donors (Lipinski definition) is 2. The maximum Gasteiger partial charge on any atom is 0.219 e. The summed E-state index contributed by atoms with van der Waals surface area (Å²) in [6.45, 7) is 8.30. The Bertz CT molecular complexity index is 155. The van der Waals surface area contributed by atoms with Crippen molar-refractivity contribution in [3.8, 4) is 0 Å². The van der Waals surface area contributed by atoms with Crippen molar-refractivity contribution in [3.05, 3.63) is 0 Å². The third-order valence-corrected chi connectivity index (χ3v) is 1.57. The highest BCUT2D eigenvalue weighted by molar-refractivity contribution is 5.75. The fourth-order valence-electron chi connectivity index (χ4n) is 0.578. The Kier molecular flexibility index (Phi) is 8.74. The predicted molar refractivity (Wildman–Crippen MR) is 55.8 cm³/mol. The number of carbonyl (C=O) groups excluding carboxylic acids is 1. The Balaban J connectivity index is 0. The van der Waals surface area contributed by atoms with Crippen LogP contribution in [0.2, 0.25) is 0 Å². The van der Waals surface area contributed by atoms with Crippen LogP contribution in [0.3, 0.4) is 0 Å². The van der Waals surface area contributed by atoms with Crippen LogP contribution in [-0.2, 0) is 4.79 Å². The molecule has 2 N–H and O–H groups in total. The van der Waals surface area contributed by atoms with E-state index in [1.807, 2.05) is 13.8 Å². The van der Waals surface area contributed by atoms with Gasteiger partial charge in [-0.25, -0.2) is 4.39 Å². The summed E-state index contributed by atoms with van der Waals surface area (Å²) in [7, 11) is 0. The molecule has 4 heteroatoms. The average Bonchev–Trinajstić information content (AvgIpc) is 2.15. The van der Waals surface area contributed by atoms with E-state index in [-0.39, 0.29) is 12.5 Å². The molecule has 14 heavy (non-hydrogen) atoms. The van der Waals surface area contributed by atoms with Crippen LogP contribution < -0.4 is 5.32 Å². The zero-order valence-electron chi connectivity index (χ0n) is 9.72. The van der Waals surface area contributed by atoms with Gasteiger partial charge >= 0.3 is 0 Å². The van der Waals surface area contributed by atoms with E-state index in [4.69, 9.17) is 5.11 Å². The van der Waals surface area contributed by atoms with Crippen LogP contribution >= 0.6 is 0 Å². The van der Waals surface area contributed by atoms with Crippen molar-refractivity contribution >= 4 is 5.91 Å². The van der Waals surface area contributed by atoms with Gasteiger partial charge in [-0.05, 0) is 13.8 Å². The molecule has 0 radical (unpaired) electrons. The predicted octanol–water partition coefficient (Wildman–Crippen LogP) is 1.65. The third-order valence-electron chi connectivity index (χ3n) is 1.57. The molecule has 0 saturated carbocycles. The van der Waals surface area contributed by atoms with Gasteiger partial charge in [0.15, 0.2) is 0 Å². The highest BCUT2D eigenvalue weighted by atomic mass is 19.1. The molecule has 1 atom stereocenters. The van der Waals surface area contributed by atoms with Gasteiger partial charge in [0, 0.05) is 6.42 Å². The van der Waals surface area contributed by atoms with Gasteiger partial charge < -0.3 is 10.4 Å². The Hall–Kier alpha value is -0.640. The number of carbonyl (C=O) groups is 1. The second-order valence-electron chi connectivity index (χ2n) is 3.28. The summed E-state index contributed by atoms with van der Waals surface area (Å²) < 4.78 is 12.9. The molecule has 0 unspecified atom stereocenters. The Morgan fingerprint density at radius 2 is 1.93 bits per heavy atom. The first-order valence-electron chi connectivity index (χ1n) is 5.01. The molecule has 0 aliphatic carbocycles. The van der Waals surface area contributed by atoms with Crippen molar-refractivity contribution in [2.24, 2.45) is 0 Å². The molecular weight excluding hydrogens is 185 g/mol. The van der Waals surface area contributed by atoms with E-state index in [9.17, 15) is 9.18 Å². The monoisotopic (exact) mass is 207 g/mol. The van der Waals surface area contributed by atoms with Gasteiger partial charge in [-0.1, -0.05) is 20.8 Å². The molecule has 3 nitrogen and oxygen atoms in total. The summed E-state index contributed by atoms with van der Waals surface area (Å²) in [5.41, 5.74) is -1.39. The fraction of sp³-hybridized carbons (Fsp3) is 0.900. The van der Waals surface area contributed by atoms with Crippen molar-refractivity contribution in [2.75, 3.05) is 6.54 Å². The SMILES string of the molecule is CC.CCC(=O)NC[C@H](F)C(C)(C)O. The number of halogens is 1. The van der Waals surface area contributed by atoms with E-state index in [0.29, 0.717) is 6.42 Å². The van der Waals surface area contributed by atoms with Crippen molar-refractivity contribution < 1.29 is 14.3 Å². The quantitative estimate of drug-likeness (QED) is 0.736. The van der Waals surface area contributed by atoms with Crippen LogP contribution in [0.5, 0.6) is 0 Å². The van der Waals surface area contributed by atoms with Crippen LogP contribution in [0.25, 0.3) is 0 Å². The zero-order chi connectivity index (χ0) is 11.8. The van der Waals surface area contributed by atoms with Gasteiger partial charge in [0.25, 0.3) is 0 Å². The van der Waals surface area contributed by atoms with Gasteiger partial charge in [-0.2, -0.15) is 0 Å². The van der Waals surface area contributed by atoms with E-state index in [0.717, 1.165) is 0 Å². The summed E-state index contributed by atoms with van der Waals surface area (Å²) in [6.07, 6.45) is -1.09. The molecule has 0 heterocycles. The number of alkyl halides is 1. The minimum atomic E-state index is -1.42. The maximum atomic E-state index is 12.9. The highest BCUT2D eigenvalue weighted by Crippen LogP contribution is 2.10. The molecule has 0 fully saturated rings. The number of aliphatic hydroxyl groups is 1. The second-order valence-corrected chi connectivity index (χ2v) is 3.28. The average molecular weight is 207 g/mol. The smallest absolute Gasteiger partial charge is 0.219 e. The lowest BCUT2D eigenvalue weighted by molar-refractivity contribution is -0.121. The topological polar surface area (TPSA) is 49.3 Å². The molecule has 0 aromatic carbocycles. The second kappa shape index (κ2) is 7.74. The first-order valence-corrected chi connectivity index (χ1v) is 5.01. The molecule has 0 aliphatic heterocycles. The number of amides is 1. The van der Waals surface area contributed by atoms with E-state index in [2.05, 4.69) is 5.32 Å². The standard InChI is InChI=1S/C8H16FNO2.C2H6/c1-4-7(11)10-5-6(9)8(2,3)12;1-2/h6,12H,4-5H2,1-3H3,(H,10,11);1-2H3/t6-;/m0./s1. The molecule has 0 aromatic heterocycles.